The first-order valence-electron chi connectivity index (χ1n) is 6.64. The fourth-order valence-electron chi connectivity index (χ4n) is 2.96. The van der Waals surface area contributed by atoms with Crippen LogP contribution in [0.3, 0.4) is 0 Å². The third-order valence-electron chi connectivity index (χ3n) is 4.08. The summed E-state index contributed by atoms with van der Waals surface area (Å²) < 4.78 is 0. The summed E-state index contributed by atoms with van der Waals surface area (Å²) in [5.41, 5.74) is 4.58. The number of hydrogen-bond acceptors (Lipinski definition) is 2. The molecule has 1 aromatic carbocycles. The molecule has 1 heterocycles. The number of nitrogens with one attached hydrogen (secondary N) is 1. The molecule has 0 saturated heterocycles. The van der Waals surface area contributed by atoms with Crippen molar-refractivity contribution in [3.8, 4) is 0 Å². The Kier molecular flexibility index (Phi) is 3.48. The molecule has 1 aromatic heterocycles. The van der Waals surface area contributed by atoms with Gasteiger partial charge in [-0.3, -0.25) is 0 Å². The van der Waals surface area contributed by atoms with Crippen LogP contribution >= 0.6 is 11.3 Å². The van der Waals surface area contributed by atoms with E-state index in [2.05, 4.69) is 53.5 Å². The topological polar surface area (TPSA) is 12.0 Å². The summed E-state index contributed by atoms with van der Waals surface area (Å²) in [4.78, 5) is 0. The number of hydrogen-bond donors (Lipinski definition) is 1. The van der Waals surface area contributed by atoms with Crippen molar-refractivity contribution in [3.05, 3.63) is 57.8 Å². The Balaban J connectivity index is 1.64. The number of rotatable bonds is 5. The normalized spacial score (nSPS) is 19.1. The van der Waals surface area contributed by atoms with Crippen LogP contribution in [0.15, 0.2) is 41.1 Å². The van der Waals surface area contributed by atoms with Crippen LogP contribution in [0.5, 0.6) is 0 Å². The zero-order chi connectivity index (χ0) is 12.4. The van der Waals surface area contributed by atoms with Crippen LogP contribution in [-0.2, 0) is 12.8 Å². The molecule has 0 saturated carbocycles. The monoisotopic (exact) mass is 257 g/mol. The van der Waals surface area contributed by atoms with E-state index in [0.717, 1.165) is 0 Å². The second-order valence-electron chi connectivity index (χ2n) is 5.07. The summed E-state index contributed by atoms with van der Waals surface area (Å²) in [5.74, 6) is 0.713. The summed E-state index contributed by atoms with van der Waals surface area (Å²) >= 11 is 1.80. The Morgan fingerprint density at radius 2 is 2.22 bits per heavy atom. The minimum Gasteiger partial charge on any atom is -0.316 e. The van der Waals surface area contributed by atoms with Crippen molar-refractivity contribution in [2.45, 2.75) is 31.2 Å². The third kappa shape index (κ3) is 2.23. The zero-order valence-electron chi connectivity index (χ0n) is 10.7. The van der Waals surface area contributed by atoms with E-state index in [9.17, 15) is 0 Å². The number of likely N-dealkylation sites (N-methyl/N-ethyl adjacent to an activating group) is 1. The minimum absolute atomic E-state index is 0.611. The fraction of sp³-hybridized carbons (Fsp3) is 0.375. The molecule has 2 atom stereocenters. The molecule has 18 heavy (non-hydrogen) atoms. The van der Waals surface area contributed by atoms with E-state index >= 15 is 0 Å². The smallest absolute Gasteiger partial charge is 0.0139 e. The molecule has 0 radical (unpaired) electrons. The number of benzene rings is 1. The first-order chi connectivity index (χ1) is 8.88. The highest BCUT2D eigenvalue weighted by atomic mass is 32.1. The Morgan fingerprint density at radius 1 is 1.33 bits per heavy atom. The molecule has 0 aliphatic heterocycles. The van der Waals surface area contributed by atoms with Gasteiger partial charge in [-0.2, -0.15) is 11.3 Å². The second kappa shape index (κ2) is 5.25. The van der Waals surface area contributed by atoms with Gasteiger partial charge in [-0.05, 0) is 59.8 Å². The maximum absolute atomic E-state index is 3.51. The zero-order valence-corrected chi connectivity index (χ0v) is 11.5. The van der Waals surface area contributed by atoms with Crippen LogP contribution in [0.1, 0.15) is 29.0 Å². The molecule has 2 aromatic rings. The van der Waals surface area contributed by atoms with Gasteiger partial charge in [0.05, 0.1) is 0 Å². The predicted molar refractivity (Wildman–Crippen MR) is 78.4 cm³/mol. The summed E-state index contributed by atoms with van der Waals surface area (Å²) in [6, 6.07) is 11.7. The van der Waals surface area contributed by atoms with Gasteiger partial charge in [-0.15, -0.1) is 0 Å². The molecule has 0 amide bonds. The quantitative estimate of drug-likeness (QED) is 0.863. The Hall–Kier alpha value is -1.12. The number of aryl methyl sites for hydroxylation is 1. The van der Waals surface area contributed by atoms with Crippen molar-refractivity contribution in [2.24, 2.45) is 0 Å². The van der Waals surface area contributed by atoms with Gasteiger partial charge in [0.15, 0.2) is 0 Å². The lowest BCUT2D eigenvalue weighted by Gasteiger charge is -2.36. The summed E-state index contributed by atoms with van der Waals surface area (Å²) in [6.45, 7) is 0. The minimum atomic E-state index is 0.611. The van der Waals surface area contributed by atoms with E-state index in [1.165, 1.54) is 24.8 Å². The molecular weight excluding hydrogens is 238 g/mol. The summed E-state index contributed by atoms with van der Waals surface area (Å²) in [7, 11) is 2.10. The van der Waals surface area contributed by atoms with Gasteiger partial charge in [0, 0.05) is 12.0 Å². The summed E-state index contributed by atoms with van der Waals surface area (Å²) in [6.07, 6.45) is 3.66. The number of thiophene rings is 1. The molecule has 94 valence electrons. The maximum atomic E-state index is 3.51. The van der Waals surface area contributed by atoms with E-state index in [-0.39, 0.29) is 0 Å². The molecule has 1 N–H and O–H groups in total. The summed E-state index contributed by atoms with van der Waals surface area (Å²) in [5, 5.41) is 7.95. The Labute approximate surface area is 113 Å². The van der Waals surface area contributed by atoms with Gasteiger partial charge in [0.1, 0.15) is 0 Å². The molecule has 3 rings (SSSR count). The lowest BCUT2D eigenvalue weighted by Crippen LogP contribution is -2.38. The van der Waals surface area contributed by atoms with Crippen molar-refractivity contribution in [1.29, 1.82) is 0 Å². The van der Waals surface area contributed by atoms with Gasteiger partial charge >= 0.3 is 0 Å². The van der Waals surface area contributed by atoms with Gasteiger partial charge < -0.3 is 5.32 Å². The molecule has 1 nitrogen and oxygen atoms in total. The highest BCUT2D eigenvalue weighted by Crippen LogP contribution is 2.38. The standard InChI is InChI=1S/C16H19NS/c1-17-16(7-6-12-8-9-18-11-12)15-10-13-4-2-3-5-14(13)15/h2-5,8-9,11,15-17H,6-7,10H2,1H3. The molecular formula is C16H19NS. The molecule has 2 unspecified atom stereocenters. The number of fused-ring (bicyclic) bond motifs is 1. The van der Waals surface area contributed by atoms with Crippen LogP contribution in [-0.4, -0.2) is 13.1 Å². The SMILES string of the molecule is CNC(CCc1ccsc1)C1Cc2ccccc21. The van der Waals surface area contributed by atoms with Gasteiger partial charge in [0.2, 0.25) is 0 Å². The van der Waals surface area contributed by atoms with E-state index in [0.29, 0.717) is 12.0 Å². The van der Waals surface area contributed by atoms with Gasteiger partial charge in [0.25, 0.3) is 0 Å². The maximum Gasteiger partial charge on any atom is 0.0139 e. The Morgan fingerprint density at radius 3 is 2.94 bits per heavy atom. The molecule has 1 aliphatic carbocycles. The lowest BCUT2D eigenvalue weighted by atomic mass is 9.72. The lowest BCUT2D eigenvalue weighted by molar-refractivity contribution is 0.402. The van der Waals surface area contributed by atoms with Crippen LogP contribution < -0.4 is 5.32 Å². The largest absolute Gasteiger partial charge is 0.316 e. The van der Waals surface area contributed by atoms with Crippen molar-refractivity contribution in [2.75, 3.05) is 7.05 Å². The van der Waals surface area contributed by atoms with Crippen molar-refractivity contribution >= 4 is 11.3 Å². The van der Waals surface area contributed by atoms with Crippen molar-refractivity contribution < 1.29 is 0 Å². The average molecular weight is 257 g/mol. The molecule has 0 bridgehead atoms. The average Bonchev–Trinajstić information content (AvgIpc) is 2.88. The van der Waals surface area contributed by atoms with Gasteiger partial charge in [-0.25, -0.2) is 0 Å². The first kappa shape index (κ1) is 11.9. The van der Waals surface area contributed by atoms with E-state index < -0.39 is 0 Å². The van der Waals surface area contributed by atoms with Crippen LogP contribution in [0.25, 0.3) is 0 Å². The molecule has 2 heteroatoms. The van der Waals surface area contributed by atoms with Gasteiger partial charge in [-0.1, -0.05) is 24.3 Å². The van der Waals surface area contributed by atoms with E-state index in [1.807, 2.05) is 0 Å². The highest BCUT2D eigenvalue weighted by Gasteiger charge is 2.31. The Bertz CT molecular complexity index is 504. The molecule has 1 aliphatic rings. The third-order valence-corrected chi connectivity index (χ3v) is 4.81. The predicted octanol–water partition coefficient (Wildman–Crippen LogP) is 3.61. The second-order valence-corrected chi connectivity index (χ2v) is 5.85. The van der Waals surface area contributed by atoms with Crippen LogP contribution in [0, 0.1) is 0 Å². The first-order valence-corrected chi connectivity index (χ1v) is 7.59. The van der Waals surface area contributed by atoms with E-state index in [1.54, 1.807) is 22.5 Å². The molecule has 0 fully saturated rings. The van der Waals surface area contributed by atoms with E-state index in [4.69, 9.17) is 0 Å². The highest BCUT2D eigenvalue weighted by molar-refractivity contribution is 7.07. The molecule has 0 spiro atoms. The van der Waals surface area contributed by atoms with Crippen molar-refractivity contribution in [3.63, 3.8) is 0 Å². The van der Waals surface area contributed by atoms with Crippen LogP contribution in [0.4, 0.5) is 0 Å². The van der Waals surface area contributed by atoms with Crippen LogP contribution in [0.2, 0.25) is 0 Å². The fourth-order valence-corrected chi connectivity index (χ4v) is 3.66. The van der Waals surface area contributed by atoms with Crippen molar-refractivity contribution in [1.82, 2.24) is 5.32 Å².